The summed E-state index contributed by atoms with van der Waals surface area (Å²) in [5.74, 6) is 1.45. The van der Waals surface area contributed by atoms with E-state index in [9.17, 15) is 0 Å². The van der Waals surface area contributed by atoms with Gasteiger partial charge >= 0.3 is 0 Å². The van der Waals surface area contributed by atoms with Crippen molar-refractivity contribution in [3.63, 3.8) is 0 Å². The molecule has 0 heterocycles. The number of methoxy groups -OCH3 is 1. The van der Waals surface area contributed by atoms with Crippen molar-refractivity contribution in [2.45, 2.75) is 6.92 Å². The number of hydrogen-bond donors (Lipinski definition) is 1. The van der Waals surface area contributed by atoms with E-state index >= 15 is 0 Å². The lowest BCUT2D eigenvalue weighted by molar-refractivity contribution is 0.416. The first-order valence-electron chi connectivity index (χ1n) is 4.22. The van der Waals surface area contributed by atoms with Gasteiger partial charge in [-0.1, -0.05) is 6.07 Å². The molecule has 0 radical (unpaired) electrons. The minimum atomic E-state index is 0.594. The van der Waals surface area contributed by atoms with Crippen LogP contribution in [-0.4, -0.2) is 19.5 Å². The Labute approximate surface area is 83.9 Å². The van der Waals surface area contributed by atoms with Crippen LogP contribution in [-0.2, 0) is 0 Å². The molecule has 0 amide bonds. The lowest BCUT2D eigenvalue weighted by Gasteiger charge is -2.10. The van der Waals surface area contributed by atoms with E-state index in [1.54, 1.807) is 7.11 Å². The molecular weight excluding hydrogens is 186 g/mol. The molecule has 0 aromatic heterocycles. The molecule has 0 saturated heterocycles. The maximum Gasteiger partial charge on any atom is 0.141 e. The topological polar surface area (TPSA) is 21.3 Å². The molecule has 0 unspecified atom stereocenters. The molecule has 0 spiro atoms. The number of rotatable bonds is 4. The molecule has 1 rings (SSSR count). The predicted molar refractivity (Wildman–Crippen MR) is 56.9 cm³/mol. The SMILES string of the molecule is COc1ccc(C)cc1NCCCl. The van der Waals surface area contributed by atoms with Crippen LogP contribution in [0.15, 0.2) is 18.2 Å². The van der Waals surface area contributed by atoms with E-state index in [2.05, 4.69) is 5.32 Å². The second-order valence-corrected chi connectivity index (χ2v) is 3.20. The maximum absolute atomic E-state index is 5.58. The highest BCUT2D eigenvalue weighted by atomic mass is 35.5. The van der Waals surface area contributed by atoms with Gasteiger partial charge in [0.2, 0.25) is 0 Å². The highest BCUT2D eigenvalue weighted by Gasteiger charge is 2.00. The Hall–Kier alpha value is -0.890. The van der Waals surface area contributed by atoms with Gasteiger partial charge in [0, 0.05) is 12.4 Å². The van der Waals surface area contributed by atoms with E-state index in [4.69, 9.17) is 16.3 Å². The Balaban J connectivity index is 2.81. The Kier molecular flexibility index (Phi) is 3.90. The third kappa shape index (κ3) is 2.81. The van der Waals surface area contributed by atoms with Crippen LogP contribution in [0.25, 0.3) is 0 Å². The first-order valence-corrected chi connectivity index (χ1v) is 4.76. The zero-order chi connectivity index (χ0) is 9.68. The van der Waals surface area contributed by atoms with E-state index in [1.165, 1.54) is 5.56 Å². The van der Waals surface area contributed by atoms with Gasteiger partial charge in [-0.2, -0.15) is 0 Å². The molecule has 1 N–H and O–H groups in total. The second kappa shape index (κ2) is 4.97. The van der Waals surface area contributed by atoms with Crippen molar-refractivity contribution in [3.05, 3.63) is 23.8 Å². The van der Waals surface area contributed by atoms with E-state index in [1.807, 2.05) is 25.1 Å². The first-order chi connectivity index (χ1) is 6.27. The Morgan fingerprint density at radius 3 is 2.85 bits per heavy atom. The van der Waals surface area contributed by atoms with E-state index in [-0.39, 0.29) is 0 Å². The Morgan fingerprint density at radius 1 is 1.46 bits per heavy atom. The van der Waals surface area contributed by atoms with Gasteiger partial charge in [0.25, 0.3) is 0 Å². The second-order valence-electron chi connectivity index (χ2n) is 2.82. The van der Waals surface area contributed by atoms with Crippen LogP contribution in [0.2, 0.25) is 0 Å². The summed E-state index contributed by atoms with van der Waals surface area (Å²) in [6.07, 6.45) is 0. The normalized spacial score (nSPS) is 9.77. The lowest BCUT2D eigenvalue weighted by Crippen LogP contribution is -2.04. The van der Waals surface area contributed by atoms with Crippen molar-refractivity contribution in [1.29, 1.82) is 0 Å². The summed E-state index contributed by atoms with van der Waals surface area (Å²) < 4.78 is 5.19. The third-order valence-corrected chi connectivity index (χ3v) is 1.95. The zero-order valence-electron chi connectivity index (χ0n) is 7.93. The van der Waals surface area contributed by atoms with Crippen LogP contribution >= 0.6 is 11.6 Å². The van der Waals surface area contributed by atoms with Crippen LogP contribution in [0.4, 0.5) is 5.69 Å². The fourth-order valence-corrected chi connectivity index (χ4v) is 1.24. The van der Waals surface area contributed by atoms with Gasteiger partial charge in [0.1, 0.15) is 5.75 Å². The van der Waals surface area contributed by atoms with E-state index in [0.717, 1.165) is 18.0 Å². The number of alkyl halides is 1. The predicted octanol–water partition coefficient (Wildman–Crippen LogP) is 2.65. The van der Waals surface area contributed by atoms with Crippen molar-refractivity contribution in [3.8, 4) is 5.75 Å². The molecule has 0 aliphatic rings. The average Bonchev–Trinajstić information content (AvgIpc) is 2.15. The molecule has 0 atom stereocenters. The van der Waals surface area contributed by atoms with Crippen molar-refractivity contribution in [2.75, 3.05) is 24.9 Å². The summed E-state index contributed by atoms with van der Waals surface area (Å²) in [6, 6.07) is 6.02. The minimum absolute atomic E-state index is 0.594. The third-order valence-electron chi connectivity index (χ3n) is 1.76. The van der Waals surface area contributed by atoms with Gasteiger partial charge in [-0.05, 0) is 24.6 Å². The van der Waals surface area contributed by atoms with E-state index < -0.39 is 0 Å². The van der Waals surface area contributed by atoms with Gasteiger partial charge < -0.3 is 10.1 Å². The van der Waals surface area contributed by atoms with Gasteiger partial charge in [-0.25, -0.2) is 0 Å². The smallest absolute Gasteiger partial charge is 0.141 e. The van der Waals surface area contributed by atoms with Crippen molar-refractivity contribution >= 4 is 17.3 Å². The highest BCUT2D eigenvalue weighted by Crippen LogP contribution is 2.24. The molecule has 72 valence electrons. The number of aryl methyl sites for hydroxylation is 1. The molecule has 0 aliphatic carbocycles. The molecule has 1 aromatic rings. The quantitative estimate of drug-likeness (QED) is 0.753. The molecule has 0 bridgehead atoms. The molecule has 3 heteroatoms. The van der Waals surface area contributed by atoms with Crippen molar-refractivity contribution in [1.82, 2.24) is 0 Å². The molecule has 13 heavy (non-hydrogen) atoms. The number of halogens is 1. The molecular formula is C10H14ClNO. The monoisotopic (exact) mass is 199 g/mol. The summed E-state index contributed by atoms with van der Waals surface area (Å²) in [6.45, 7) is 2.80. The van der Waals surface area contributed by atoms with Gasteiger partial charge in [0.15, 0.2) is 0 Å². The zero-order valence-corrected chi connectivity index (χ0v) is 8.69. The summed E-state index contributed by atoms with van der Waals surface area (Å²) in [7, 11) is 1.66. The fraction of sp³-hybridized carbons (Fsp3) is 0.400. The molecule has 0 fully saturated rings. The van der Waals surface area contributed by atoms with E-state index in [0.29, 0.717) is 5.88 Å². The van der Waals surface area contributed by atoms with Gasteiger partial charge in [0.05, 0.1) is 12.8 Å². The maximum atomic E-state index is 5.58. The lowest BCUT2D eigenvalue weighted by atomic mass is 10.2. The fourth-order valence-electron chi connectivity index (χ4n) is 1.14. The van der Waals surface area contributed by atoms with Gasteiger partial charge in [-0.3, -0.25) is 0 Å². The van der Waals surface area contributed by atoms with Crippen LogP contribution in [0, 0.1) is 6.92 Å². The first kappa shape index (κ1) is 10.2. The van der Waals surface area contributed by atoms with Crippen LogP contribution in [0.3, 0.4) is 0 Å². The number of nitrogens with one attached hydrogen (secondary N) is 1. The molecule has 1 aromatic carbocycles. The van der Waals surface area contributed by atoms with Crippen LogP contribution < -0.4 is 10.1 Å². The number of hydrogen-bond acceptors (Lipinski definition) is 2. The van der Waals surface area contributed by atoms with Crippen LogP contribution in [0.5, 0.6) is 5.75 Å². The highest BCUT2D eigenvalue weighted by molar-refractivity contribution is 6.18. The number of benzene rings is 1. The standard InChI is InChI=1S/C10H14ClNO/c1-8-3-4-10(13-2)9(7-8)12-6-5-11/h3-4,7,12H,5-6H2,1-2H3. The average molecular weight is 200 g/mol. The number of anilines is 1. The summed E-state index contributed by atoms with van der Waals surface area (Å²) >= 11 is 5.58. The van der Waals surface area contributed by atoms with Crippen LogP contribution in [0.1, 0.15) is 5.56 Å². The Morgan fingerprint density at radius 2 is 2.23 bits per heavy atom. The Bertz CT molecular complexity index is 276. The van der Waals surface area contributed by atoms with Crippen molar-refractivity contribution < 1.29 is 4.74 Å². The minimum Gasteiger partial charge on any atom is -0.495 e. The van der Waals surface area contributed by atoms with Gasteiger partial charge in [-0.15, -0.1) is 11.6 Å². The summed E-state index contributed by atoms with van der Waals surface area (Å²) in [4.78, 5) is 0. The summed E-state index contributed by atoms with van der Waals surface area (Å²) in [5.41, 5.74) is 2.21. The number of ether oxygens (including phenoxy) is 1. The molecule has 0 saturated carbocycles. The largest absolute Gasteiger partial charge is 0.495 e. The molecule has 0 aliphatic heterocycles. The summed E-state index contributed by atoms with van der Waals surface area (Å²) in [5, 5.41) is 3.20. The van der Waals surface area contributed by atoms with Crippen molar-refractivity contribution in [2.24, 2.45) is 0 Å². The molecule has 2 nitrogen and oxygen atoms in total.